The Morgan fingerprint density at radius 2 is 1.93 bits per heavy atom. The van der Waals surface area contributed by atoms with Crippen LogP contribution in [0.5, 0.6) is 5.75 Å². The number of carbonyl (C=O) groups excluding carboxylic acids is 1. The van der Waals surface area contributed by atoms with Crippen molar-refractivity contribution in [2.45, 2.75) is 39.0 Å². The van der Waals surface area contributed by atoms with Crippen LogP contribution in [-0.4, -0.2) is 18.7 Å². The molecule has 0 aliphatic carbocycles. The molecular weight excluding hydrogens is 463 g/mol. The van der Waals surface area contributed by atoms with Gasteiger partial charge in [-0.15, -0.1) is 0 Å². The number of benzene rings is 2. The standard InChI is InChI=1S/C21H23BrCl2N2O2/c1-21(2,3)15-7-9-19(16(22)12-15)28-10-4-5-20(27)26-25-13-14-6-8-17(23)18(24)11-14/h6-9,11-13H,4-5,10H2,1-3H3,(H,26,27)/b25-13+. The highest BCUT2D eigenvalue weighted by Crippen LogP contribution is 2.31. The van der Waals surface area contributed by atoms with Crippen molar-refractivity contribution in [2.24, 2.45) is 5.10 Å². The average molecular weight is 486 g/mol. The lowest BCUT2D eigenvalue weighted by atomic mass is 9.87. The summed E-state index contributed by atoms with van der Waals surface area (Å²) in [5.41, 5.74) is 4.55. The summed E-state index contributed by atoms with van der Waals surface area (Å²) in [5, 5.41) is 4.84. The fourth-order valence-electron chi connectivity index (χ4n) is 2.33. The number of ether oxygens (including phenoxy) is 1. The first-order valence-corrected chi connectivity index (χ1v) is 10.4. The quantitative estimate of drug-likeness (QED) is 0.281. The first-order valence-electron chi connectivity index (χ1n) is 8.86. The molecule has 0 bridgehead atoms. The zero-order valence-electron chi connectivity index (χ0n) is 16.1. The summed E-state index contributed by atoms with van der Waals surface area (Å²) in [4.78, 5) is 11.9. The molecule has 0 unspecified atom stereocenters. The third-order valence-corrected chi connectivity index (χ3v) is 5.31. The van der Waals surface area contributed by atoms with E-state index in [2.05, 4.69) is 59.4 Å². The lowest BCUT2D eigenvalue weighted by Gasteiger charge is -2.20. The van der Waals surface area contributed by atoms with Crippen LogP contribution in [0.15, 0.2) is 46.0 Å². The van der Waals surface area contributed by atoms with Crippen LogP contribution < -0.4 is 10.2 Å². The van der Waals surface area contributed by atoms with Crippen LogP contribution in [0.3, 0.4) is 0 Å². The van der Waals surface area contributed by atoms with Gasteiger partial charge in [0, 0.05) is 6.42 Å². The number of hydrazone groups is 1. The molecule has 4 nitrogen and oxygen atoms in total. The number of hydrogen-bond acceptors (Lipinski definition) is 3. The molecule has 0 heterocycles. The van der Waals surface area contributed by atoms with Gasteiger partial charge in [-0.2, -0.15) is 5.10 Å². The van der Waals surface area contributed by atoms with Crippen LogP contribution in [0.2, 0.25) is 10.0 Å². The molecule has 0 atom stereocenters. The van der Waals surface area contributed by atoms with E-state index >= 15 is 0 Å². The Morgan fingerprint density at radius 3 is 2.57 bits per heavy atom. The van der Waals surface area contributed by atoms with Crippen LogP contribution >= 0.6 is 39.1 Å². The second-order valence-electron chi connectivity index (χ2n) is 7.31. The van der Waals surface area contributed by atoms with Crippen molar-refractivity contribution in [1.82, 2.24) is 5.43 Å². The third-order valence-electron chi connectivity index (χ3n) is 3.95. The molecule has 0 aliphatic heterocycles. The van der Waals surface area contributed by atoms with Gasteiger partial charge < -0.3 is 4.74 Å². The van der Waals surface area contributed by atoms with Gasteiger partial charge in [0.05, 0.1) is 27.3 Å². The van der Waals surface area contributed by atoms with Gasteiger partial charge in [0.1, 0.15) is 5.75 Å². The Labute approximate surface area is 184 Å². The molecule has 7 heteroatoms. The molecule has 0 saturated heterocycles. The normalized spacial score (nSPS) is 11.6. The van der Waals surface area contributed by atoms with E-state index < -0.39 is 0 Å². The lowest BCUT2D eigenvalue weighted by molar-refractivity contribution is -0.121. The summed E-state index contributed by atoms with van der Waals surface area (Å²) >= 11 is 15.3. The molecular formula is C21H23BrCl2N2O2. The Hall–Kier alpha value is -1.56. The van der Waals surface area contributed by atoms with Gasteiger partial charge in [0.2, 0.25) is 5.91 Å². The van der Waals surface area contributed by atoms with E-state index in [1.807, 2.05) is 6.07 Å². The predicted molar refractivity (Wildman–Crippen MR) is 120 cm³/mol. The topological polar surface area (TPSA) is 50.7 Å². The van der Waals surface area contributed by atoms with E-state index in [9.17, 15) is 4.79 Å². The summed E-state index contributed by atoms with van der Waals surface area (Å²) in [7, 11) is 0. The van der Waals surface area contributed by atoms with E-state index in [0.29, 0.717) is 29.5 Å². The number of nitrogens with one attached hydrogen (secondary N) is 1. The highest BCUT2D eigenvalue weighted by molar-refractivity contribution is 9.10. The number of carbonyl (C=O) groups is 1. The second kappa shape index (κ2) is 10.3. The molecule has 2 aromatic carbocycles. The van der Waals surface area contributed by atoms with Crippen molar-refractivity contribution in [3.8, 4) is 5.75 Å². The fourth-order valence-corrected chi connectivity index (χ4v) is 3.13. The van der Waals surface area contributed by atoms with E-state index in [1.54, 1.807) is 18.2 Å². The zero-order chi connectivity index (χ0) is 20.7. The number of rotatable bonds is 7. The SMILES string of the molecule is CC(C)(C)c1ccc(OCCCC(=O)N/N=C/c2ccc(Cl)c(Cl)c2)c(Br)c1. The highest BCUT2D eigenvalue weighted by Gasteiger charge is 2.15. The van der Waals surface area contributed by atoms with E-state index in [-0.39, 0.29) is 11.3 Å². The maximum atomic E-state index is 11.9. The molecule has 2 aromatic rings. The molecule has 1 N–H and O–H groups in total. The predicted octanol–water partition coefficient (Wildman–Crippen LogP) is 6.36. The van der Waals surface area contributed by atoms with Crippen LogP contribution in [0.25, 0.3) is 0 Å². The minimum Gasteiger partial charge on any atom is -0.492 e. The lowest BCUT2D eigenvalue weighted by Crippen LogP contribution is -2.18. The minimum atomic E-state index is -0.179. The highest BCUT2D eigenvalue weighted by atomic mass is 79.9. The van der Waals surface area contributed by atoms with E-state index in [4.69, 9.17) is 27.9 Å². The Kier molecular flexibility index (Phi) is 8.35. The minimum absolute atomic E-state index is 0.0804. The summed E-state index contributed by atoms with van der Waals surface area (Å²) in [6.07, 6.45) is 2.42. The second-order valence-corrected chi connectivity index (χ2v) is 8.98. The largest absolute Gasteiger partial charge is 0.492 e. The van der Waals surface area contributed by atoms with Crippen molar-refractivity contribution >= 4 is 51.3 Å². The maximum Gasteiger partial charge on any atom is 0.240 e. The van der Waals surface area contributed by atoms with Gasteiger partial charge in [-0.25, -0.2) is 5.43 Å². The van der Waals surface area contributed by atoms with Gasteiger partial charge in [0.15, 0.2) is 0 Å². The first kappa shape index (κ1) is 22.7. The fraction of sp³-hybridized carbons (Fsp3) is 0.333. The molecule has 150 valence electrons. The third kappa shape index (κ3) is 7.12. The van der Waals surface area contributed by atoms with Crippen molar-refractivity contribution in [3.63, 3.8) is 0 Å². The van der Waals surface area contributed by atoms with Crippen LogP contribution in [0.1, 0.15) is 44.7 Å². The van der Waals surface area contributed by atoms with Gasteiger partial charge in [-0.3, -0.25) is 4.79 Å². The Morgan fingerprint density at radius 1 is 1.18 bits per heavy atom. The average Bonchev–Trinajstić information content (AvgIpc) is 2.62. The van der Waals surface area contributed by atoms with E-state index in [0.717, 1.165) is 15.8 Å². The van der Waals surface area contributed by atoms with E-state index in [1.165, 1.54) is 11.8 Å². The molecule has 28 heavy (non-hydrogen) atoms. The monoisotopic (exact) mass is 484 g/mol. The Bertz CT molecular complexity index is 864. The molecule has 0 saturated carbocycles. The van der Waals surface area contributed by atoms with Crippen molar-refractivity contribution in [3.05, 3.63) is 62.0 Å². The molecule has 0 spiro atoms. The van der Waals surface area contributed by atoms with Crippen molar-refractivity contribution in [1.29, 1.82) is 0 Å². The maximum absolute atomic E-state index is 11.9. The van der Waals surface area contributed by atoms with Gasteiger partial charge in [-0.1, -0.05) is 56.1 Å². The van der Waals surface area contributed by atoms with Gasteiger partial charge >= 0.3 is 0 Å². The van der Waals surface area contributed by atoms with Crippen molar-refractivity contribution in [2.75, 3.05) is 6.61 Å². The smallest absolute Gasteiger partial charge is 0.240 e. The number of nitrogens with zero attached hydrogens (tertiary/aromatic N) is 1. The molecule has 0 aliphatic rings. The number of amides is 1. The summed E-state index contributed by atoms with van der Waals surface area (Å²) in [6, 6.07) is 11.2. The Balaban J connectivity index is 1.74. The van der Waals surface area contributed by atoms with Crippen LogP contribution in [0.4, 0.5) is 0 Å². The molecule has 0 aromatic heterocycles. The number of halogens is 3. The summed E-state index contributed by atoms with van der Waals surface area (Å²) < 4.78 is 6.67. The molecule has 0 fully saturated rings. The van der Waals surface area contributed by atoms with Gasteiger partial charge in [-0.05, 0) is 63.2 Å². The molecule has 2 rings (SSSR count). The zero-order valence-corrected chi connectivity index (χ0v) is 19.2. The molecule has 1 amide bonds. The van der Waals surface area contributed by atoms with Crippen molar-refractivity contribution < 1.29 is 9.53 Å². The van der Waals surface area contributed by atoms with Gasteiger partial charge in [0.25, 0.3) is 0 Å². The van der Waals surface area contributed by atoms with Crippen LogP contribution in [0, 0.1) is 0 Å². The molecule has 0 radical (unpaired) electrons. The first-order chi connectivity index (χ1) is 13.2. The summed E-state index contributed by atoms with van der Waals surface area (Å²) in [5.74, 6) is 0.591. The number of hydrogen-bond donors (Lipinski definition) is 1. The van der Waals surface area contributed by atoms with Crippen LogP contribution in [-0.2, 0) is 10.2 Å². The summed E-state index contributed by atoms with van der Waals surface area (Å²) in [6.45, 7) is 6.94.